The highest BCUT2D eigenvalue weighted by Gasteiger charge is 2.06. The van der Waals surface area contributed by atoms with Crippen molar-refractivity contribution in [3.05, 3.63) is 45.8 Å². The first-order valence-electron chi connectivity index (χ1n) is 5.01. The molecule has 0 atom stereocenters. The molecule has 0 radical (unpaired) electrons. The zero-order valence-corrected chi connectivity index (χ0v) is 10.4. The van der Waals surface area contributed by atoms with E-state index in [1.54, 1.807) is 22.7 Å². The standard InChI is InChI=1S/C12H8N2OS2/c1-3-9(16-7-1)5-6-11-13-14-12(15-11)10-4-2-8-17-10/h1-8H/b6-5-. The Balaban J connectivity index is 1.82. The summed E-state index contributed by atoms with van der Waals surface area (Å²) in [5, 5.41) is 12.0. The summed E-state index contributed by atoms with van der Waals surface area (Å²) < 4.78 is 5.53. The molecule has 3 nitrogen and oxygen atoms in total. The number of thiophene rings is 2. The van der Waals surface area contributed by atoms with Gasteiger partial charge in [-0.3, -0.25) is 0 Å². The van der Waals surface area contributed by atoms with E-state index in [2.05, 4.69) is 10.2 Å². The molecule has 0 aliphatic heterocycles. The molecule has 0 fully saturated rings. The van der Waals surface area contributed by atoms with Crippen LogP contribution in [-0.4, -0.2) is 10.2 Å². The Hall–Kier alpha value is -1.72. The fourth-order valence-corrected chi connectivity index (χ4v) is 2.60. The average molecular weight is 260 g/mol. The van der Waals surface area contributed by atoms with E-state index in [-0.39, 0.29) is 0 Å². The summed E-state index contributed by atoms with van der Waals surface area (Å²) in [4.78, 5) is 2.16. The summed E-state index contributed by atoms with van der Waals surface area (Å²) in [6, 6.07) is 7.98. The minimum absolute atomic E-state index is 0.529. The Morgan fingerprint density at radius 1 is 1.00 bits per heavy atom. The highest BCUT2D eigenvalue weighted by molar-refractivity contribution is 7.13. The molecule has 3 heterocycles. The maximum atomic E-state index is 5.53. The van der Waals surface area contributed by atoms with Crippen molar-refractivity contribution in [1.82, 2.24) is 10.2 Å². The molecule has 0 spiro atoms. The summed E-state index contributed by atoms with van der Waals surface area (Å²) in [5.74, 6) is 1.10. The van der Waals surface area contributed by atoms with Crippen LogP contribution in [0.15, 0.2) is 39.4 Å². The number of hydrogen-bond acceptors (Lipinski definition) is 5. The fraction of sp³-hybridized carbons (Fsp3) is 0. The third kappa shape index (κ3) is 2.35. The summed E-state index contributed by atoms with van der Waals surface area (Å²) in [7, 11) is 0. The normalized spacial score (nSPS) is 11.3. The lowest BCUT2D eigenvalue weighted by Crippen LogP contribution is -1.71. The molecule has 0 saturated carbocycles. The molecule has 0 amide bonds. The predicted octanol–water partition coefficient (Wildman–Crippen LogP) is 4.03. The van der Waals surface area contributed by atoms with Gasteiger partial charge in [0.1, 0.15) is 0 Å². The Labute approximate surface area is 106 Å². The van der Waals surface area contributed by atoms with Crippen molar-refractivity contribution in [3.8, 4) is 10.8 Å². The van der Waals surface area contributed by atoms with Crippen LogP contribution in [0, 0.1) is 0 Å². The van der Waals surface area contributed by atoms with E-state index in [4.69, 9.17) is 4.42 Å². The lowest BCUT2D eigenvalue weighted by atomic mass is 10.4. The monoisotopic (exact) mass is 260 g/mol. The van der Waals surface area contributed by atoms with Crippen molar-refractivity contribution in [2.45, 2.75) is 0 Å². The van der Waals surface area contributed by atoms with Crippen molar-refractivity contribution in [2.24, 2.45) is 0 Å². The summed E-state index contributed by atoms with van der Waals surface area (Å²) in [5.41, 5.74) is 0. The second kappa shape index (κ2) is 4.65. The van der Waals surface area contributed by atoms with Gasteiger partial charge in [-0.1, -0.05) is 12.1 Å². The molecule has 3 aromatic rings. The smallest absolute Gasteiger partial charge is 0.258 e. The van der Waals surface area contributed by atoms with Gasteiger partial charge in [0.15, 0.2) is 0 Å². The van der Waals surface area contributed by atoms with Gasteiger partial charge in [-0.15, -0.1) is 32.9 Å². The zero-order chi connectivity index (χ0) is 11.5. The quantitative estimate of drug-likeness (QED) is 0.713. The predicted molar refractivity (Wildman–Crippen MR) is 70.9 cm³/mol. The molecular weight excluding hydrogens is 252 g/mol. The van der Waals surface area contributed by atoms with Crippen LogP contribution in [0.5, 0.6) is 0 Å². The number of rotatable bonds is 3. The van der Waals surface area contributed by atoms with Crippen LogP contribution in [0.1, 0.15) is 10.8 Å². The van der Waals surface area contributed by atoms with Gasteiger partial charge in [-0.25, -0.2) is 0 Å². The Morgan fingerprint density at radius 2 is 1.88 bits per heavy atom. The minimum Gasteiger partial charge on any atom is -0.416 e. The van der Waals surface area contributed by atoms with Crippen molar-refractivity contribution >= 4 is 34.8 Å². The molecule has 0 aromatic carbocycles. The fourth-order valence-electron chi connectivity index (χ4n) is 1.34. The maximum absolute atomic E-state index is 5.53. The molecule has 3 rings (SSSR count). The van der Waals surface area contributed by atoms with Crippen LogP contribution >= 0.6 is 22.7 Å². The van der Waals surface area contributed by atoms with E-state index >= 15 is 0 Å². The van der Waals surface area contributed by atoms with Gasteiger partial charge in [0.05, 0.1) is 4.88 Å². The van der Waals surface area contributed by atoms with E-state index in [1.165, 1.54) is 4.88 Å². The van der Waals surface area contributed by atoms with Crippen LogP contribution in [-0.2, 0) is 0 Å². The first kappa shape index (κ1) is 10.4. The van der Waals surface area contributed by atoms with E-state index in [1.807, 2.05) is 47.2 Å². The molecular formula is C12H8N2OS2. The lowest BCUT2D eigenvalue weighted by molar-refractivity contribution is 0.559. The van der Waals surface area contributed by atoms with Gasteiger partial charge in [0, 0.05) is 11.0 Å². The van der Waals surface area contributed by atoms with E-state index in [0.29, 0.717) is 11.8 Å². The lowest BCUT2D eigenvalue weighted by Gasteiger charge is -1.84. The van der Waals surface area contributed by atoms with Gasteiger partial charge >= 0.3 is 0 Å². The Bertz CT molecular complexity index is 609. The van der Waals surface area contributed by atoms with Gasteiger partial charge in [-0.05, 0) is 29.0 Å². The SMILES string of the molecule is C(=C/c1cccs1)/c1nnc(-c2cccs2)o1. The average Bonchev–Trinajstić information content (AvgIpc) is 3.09. The highest BCUT2D eigenvalue weighted by Crippen LogP contribution is 2.23. The second-order valence-electron chi connectivity index (χ2n) is 3.27. The van der Waals surface area contributed by atoms with Crippen LogP contribution in [0.3, 0.4) is 0 Å². The summed E-state index contributed by atoms with van der Waals surface area (Å²) in [6.45, 7) is 0. The van der Waals surface area contributed by atoms with Crippen molar-refractivity contribution in [1.29, 1.82) is 0 Å². The van der Waals surface area contributed by atoms with E-state index < -0.39 is 0 Å². The largest absolute Gasteiger partial charge is 0.416 e. The number of nitrogens with zero attached hydrogens (tertiary/aromatic N) is 2. The van der Waals surface area contributed by atoms with E-state index in [9.17, 15) is 0 Å². The molecule has 0 saturated heterocycles. The van der Waals surface area contributed by atoms with Crippen LogP contribution in [0.25, 0.3) is 22.9 Å². The third-order valence-corrected chi connectivity index (χ3v) is 3.80. The molecule has 3 aromatic heterocycles. The Kier molecular flexibility index (Phi) is 2.85. The van der Waals surface area contributed by atoms with Crippen LogP contribution in [0.4, 0.5) is 0 Å². The Morgan fingerprint density at radius 3 is 2.65 bits per heavy atom. The second-order valence-corrected chi connectivity index (χ2v) is 5.20. The number of hydrogen-bond donors (Lipinski definition) is 0. The number of aromatic nitrogens is 2. The molecule has 0 N–H and O–H groups in total. The van der Waals surface area contributed by atoms with Gasteiger partial charge in [0.2, 0.25) is 5.89 Å². The van der Waals surface area contributed by atoms with Crippen LogP contribution < -0.4 is 0 Å². The maximum Gasteiger partial charge on any atom is 0.258 e. The van der Waals surface area contributed by atoms with Gasteiger partial charge < -0.3 is 4.42 Å². The molecule has 0 bridgehead atoms. The summed E-state index contributed by atoms with van der Waals surface area (Å²) >= 11 is 3.26. The molecule has 0 unspecified atom stereocenters. The van der Waals surface area contributed by atoms with Crippen molar-refractivity contribution in [2.75, 3.05) is 0 Å². The first-order chi connectivity index (χ1) is 8.42. The van der Waals surface area contributed by atoms with Crippen molar-refractivity contribution < 1.29 is 4.42 Å². The van der Waals surface area contributed by atoms with Gasteiger partial charge in [-0.2, -0.15) is 0 Å². The molecule has 0 aliphatic rings. The topological polar surface area (TPSA) is 38.9 Å². The van der Waals surface area contributed by atoms with Crippen molar-refractivity contribution in [3.63, 3.8) is 0 Å². The molecule has 17 heavy (non-hydrogen) atoms. The first-order valence-corrected chi connectivity index (χ1v) is 6.77. The zero-order valence-electron chi connectivity index (χ0n) is 8.74. The minimum atomic E-state index is 0.529. The summed E-state index contributed by atoms with van der Waals surface area (Å²) in [6.07, 6.45) is 3.80. The molecule has 0 aliphatic carbocycles. The van der Waals surface area contributed by atoms with Crippen LogP contribution in [0.2, 0.25) is 0 Å². The van der Waals surface area contributed by atoms with Gasteiger partial charge in [0.25, 0.3) is 5.89 Å². The molecule has 84 valence electrons. The van der Waals surface area contributed by atoms with E-state index in [0.717, 1.165) is 4.88 Å². The highest BCUT2D eigenvalue weighted by atomic mass is 32.1. The third-order valence-electron chi connectivity index (χ3n) is 2.11. The molecule has 5 heteroatoms.